The zero-order valence-corrected chi connectivity index (χ0v) is 9.89. The molecule has 1 aromatic carbocycles. The third kappa shape index (κ3) is 3.22. The molecule has 0 spiro atoms. The summed E-state index contributed by atoms with van der Waals surface area (Å²) in [4.78, 5) is 7.88. The molecule has 1 aromatic heterocycles. The maximum Gasteiger partial charge on any atom is 0.390 e. The van der Waals surface area contributed by atoms with Gasteiger partial charge in [0.05, 0.1) is 11.9 Å². The molecule has 0 bridgehead atoms. The third-order valence-electron chi connectivity index (χ3n) is 2.28. The quantitative estimate of drug-likeness (QED) is 0.869. The van der Waals surface area contributed by atoms with E-state index in [1.807, 2.05) is 0 Å². The fourth-order valence-corrected chi connectivity index (χ4v) is 1.68. The maximum absolute atomic E-state index is 12.1. The molecule has 7 heteroatoms. The van der Waals surface area contributed by atoms with E-state index in [1.54, 1.807) is 24.3 Å². The normalized spacial score (nSPS) is 11.8. The van der Waals surface area contributed by atoms with Gasteiger partial charge < -0.3 is 5.32 Å². The van der Waals surface area contributed by atoms with Crippen LogP contribution in [0.25, 0.3) is 10.9 Å². The Bertz CT molecular complexity index is 557. The Morgan fingerprint density at radius 1 is 1.17 bits per heavy atom. The van der Waals surface area contributed by atoms with Crippen LogP contribution < -0.4 is 5.32 Å². The Morgan fingerprint density at radius 3 is 2.61 bits per heavy atom. The molecule has 2 aromatic rings. The Hall–Kier alpha value is -1.56. The summed E-state index contributed by atoms with van der Waals surface area (Å²) in [5, 5.41) is 3.28. The minimum atomic E-state index is -4.19. The molecule has 1 heterocycles. The Morgan fingerprint density at radius 2 is 1.89 bits per heavy atom. The Labute approximate surface area is 106 Å². The van der Waals surface area contributed by atoms with Crippen molar-refractivity contribution in [3.8, 4) is 0 Å². The van der Waals surface area contributed by atoms with Crippen LogP contribution >= 0.6 is 11.6 Å². The first kappa shape index (κ1) is 12.9. The summed E-state index contributed by atoms with van der Waals surface area (Å²) in [5.41, 5.74) is 0.590. The third-order valence-corrected chi connectivity index (χ3v) is 2.45. The predicted molar refractivity (Wildman–Crippen MR) is 63.7 cm³/mol. The van der Waals surface area contributed by atoms with Gasteiger partial charge in [-0.15, -0.1) is 0 Å². The van der Waals surface area contributed by atoms with Gasteiger partial charge >= 0.3 is 6.18 Å². The van der Waals surface area contributed by atoms with Gasteiger partial charge in [-0.1, -0.05) is 12.1 Å². The van der Waals surface area contributed by atoms with Crippen LogP contribution in [0.5, 0.6) is 0 Å². The van der Waals surface area contributed by atoms with Gasteiger partial charge in [-0.25, -0.2) is 9.97 Å². The number of hydrogen-bond acceptors (Lipinski definition) is 3. The molecule has 0 amide bonds. The number of hydrogen-bond donors (Lipinski definition) is 1. The molecule has 0 saturated carbocycles. The van der Waals surface area contributed by atoms with E-state index in [0.717, 1.165) is 0 Å². The highest BCUT2D eigenvalue weighted by Gasteiger charge is 2.26. The molecule has 0 radical (unpaired) electrons. The summed E-state index contributed by atoms with van der Waals surface area (Å²) in [6.07, 6.45) is -5.12. The van der Waals surface area contributed by atoms with Crippen LogP contribution in [-0.4, -0.2) is 22.7 Å². The monoisotopic (exact) mass is 275 g/mol. The maximum atomic E-state index is 12.1. The number of aromatic nitrogens is 2. The van der Waals surface area contributed by atoms with Crippen molar-refractivity contribution in [2.24, 2.45) is 0 Å². The molecular formula is C11H9ClF3N3. The van der Waals surface area contributed by atoms with Crippen molar-refractivity contribution in [3.63, 3.8) is 0 Å². The largest absolute Gasteiger partial charge is 0.390 e. The van der Waals surface area contributed by atoms with Gasteiger partial charge in [-0.3, -0.25) is 0 Å². The minimum Gasteiger partial charge on any atom is -0.369 e. The Kier molecular flexibility index (Phi) is 3.56. The number of alkyl halides is 3. The molecular weight excluding hydrogens is 267 g/mol. The highest BCUT2D eigenvalue weighted by molar-refractivity contribution is 6.28. The van der Waals surface area contributed by atoms with Gasteiger partial charge in [0.2, 0.25) is 5.28 Å². The van der Waals surface area contributed by atoms with E-state index in [4.69, 9.17) is 11.6 Å². The number of nitrogens with one attached hydrogen (secondary N) is 1. The lowest BCUT2D eigenvalue weighted by atomic mass is 10.2. The van der Waals surface area contributed by atoms with Gasteiger partial charge in [0, 0.05) is 11.9 Å². The molecule has 1 N–H and O–H groups in total. The first-order valence-electron chi connectivity index (χ1n) is 5.18. The SMILES string of the molecule is FC(F)(F)CCNc1nc(Cl)nc2ccccc12. The average Bonchev–Trinajstić information content (AvgIpc) is 2.27. The number of fused-ring (bicyclic) bond motifs is 1. The summed E-state index contributed by atoms with van der Waals surface area (Å²) >= 11 is 5.71. The van der Waals surface area contributed by atoms with Crippen molar-refractivity contribution >= 4 is 28.3 Å². The second kappa shape index (κ2) is 4.97. The van der Waals surface area contributed by atoms with E-state index in [1.165, 1.54) is 0 Å². The van der Waals surface area contributed by atoms with E-state index in [-0.39, 0.29) is 11.8 Å². The van der Waals surface area contributed by atoms with Crippen molar-refractivity contribution in [1.29, 1.82) is 0 Å². The van der Waals surface area contributed by atoms with E-state index >= 15 is 0 Å². The molecule has 0 aliphatic carbocycles. The van der Waals surface area contributed by atoms with Crippen LogP contribution in [0.3, 0.4) is 0 Å². The molecule has 2 rings (SSSR count). The zero-order chi connectivity index (χ0) is 13.2. The number of nitrogens with zero attached hydrogens (tertiary/aromatic N) is 2. The van der Waals surface area contributed by atoms with Gasteiger partial charge in [-0.2, -0.15) is 13.2 Å². The van der Waals surface area contributed by atoms with E-state index in [9.17, 15) is 13.2 Å². The summed E-state index contributed by atoms with van der Waals surface area (Å²) in [5.74, 6) is 0.315. The van der Waals surface area contributed by atoms with Crippen LogP contribution in [0.15, 0.2) is 24.3 Å². The fourth-order valence-electron chi connectivity index (χ4n) is 1.51. The zero-order valence-electron chi connectivity index (χ0n) is 9.13. The molecule has 0 saturated heterocycles. The average molecular weight is 276 g/mol. The van der Waals surface area contributed by atoms with Crippen molar-refractivity contribution in [1.82, 2.24) is 9.97 Å². The molecule has 3 nitrogen and oxygen atoms in total. The summed E-state index contributed by atoms with van der Waals surface area (Å²) in [7, 11) is 0. The number of para-hydroxylation sites is 1. The van der Waals surface area contributed by atoms with Crippen LogP contribution in [0.4, 0.5) is 19.0 Å². The number of halogens is 4. The molecule has 0 atom stereocenters. The lowest BCUT2D eigenvalue weighted by molar-refractivity contribution is -0.131. The minimum absolute atomic E-state index is 0.00297. The van der Waals surface area contributed by atoms with Crippen LogP contribution in [0.2, 0.25) is 5.28 Å². The molecule has 0 aliphatic rings. The molecule has 0 unspecified atom stereocenters. The number of benzene rings is 1. The van der Waals surface area contributed by atoms with Crippen molar-refractivity contribution in [2.45, 2.75) is 12.6 Å². The van der Waals surface area contributed by atoms with E-state index < -0.39 is 12.6 Å². The number of rotatable bonds is 3. The highest BCUT2D eigenvalue weighted by atomic mass is 35.5. The highest BCUT2D eigenvalue weighted by Crippen LogP contribution is 2.23. The van der Waals surface area contributed by atoms with E-state index in [2.05, 4.69) is 15.3 Å². The van der Waals surface area contributed by atoms with Gasteiger partial charge in [0.25, 0.3) is 0 Å². The molecule has 18 heavy (non-hydrogen) atoms. The topological polar surface area (TPSA) is 37.8 Å². The summed E-state index contributed by atoms with van der Waals surface area (Å²) < 4.78 is 36.2. The van der Waals surface area contributed by atoms with Crippen molar-refractivity contribution in [2.75, 3.05) is 11.9 Å². The van der Waals surface area contributed by atoms with Crippen molar-refractivity contribution < 1.29 is 13.2 Å². The van der Waals surface area contributed by atoms with E-state index in [0.29, 0.717) is 16.7 Å². The van der Waals surface area contributed by atoms with Crippen LogP contribution in [0.1, 0.15) is 6.42 Å². The van der Waals surface area contributed by atoms with Crippen molar-refractivity contribution in [3.05, 3.63) is 29.5 Å². The smallest absolute Gasteiger partial charge is 0.369 e. The molecule has 0 aliphatic heterocycles. The molecule has 0 fully saturated rings. The predicted octanol–water partition coefficient (Wildman–Crippen LogP) is 3.65. The summed E-state index contributed by atoms with van der Waals surface area (Å²) in [6.45, 7) is -0.249. The molecule has 96 valence electrons. The van der Waals surface area contributed by atoms with Crippen LogP contribution in [-0.2, 0) is 0 Å². The van der Waals surface area contributed by atoms with Crippen LogP contribution in [0, 0.1) is 0 Å². The lowest BCUT2D eigenvalue weighted by Crippen LogP contribution is -2.15. The first-order valence-corrected chi connectivity index (χ1v) is 5.56. The van der Waals surface area contributed by atoms with Gasteiger partial charge in [-0.05, 0) is 23.7 Å². The van der Waals surface area contributed by atoms with Gasteiger partial charge in [0.1, 0.15) is 5.82 Å². The summed E-state index contributed by atoms with van der Waals surface area (Å²) in [6, 6.07) is 6.97. The standard InChI is InChI=1S/C11H9ClF3N3/c12-10-17-8-4-2-1-3-7(8)9(18-10)16-6-5-11(13,14)15/h1-4H,5-6H2,(H,16,17,18). The van der Waals surface area contributed by atoms with Gasteiger partial charge in [0.15, 0.2) is 0 Å². The fraction of sp³-hybridized carbons (Fsp3) is 0.273. The second-order valence-electron chi connectivity index (χ2n) is 3.65. The lowest BCUT2D eigenvalue weighted by Gasteiger charge is -2.10. The first-order chi connectivity index (χ1) is 8.46. The second-order valence-corrected chi connectivity index (χ2v) is 3.99. The Balaban J connectivity index is 2.22. The number of anilines is 1.